The molecule has 0 aliphatic carbocycles. The normalized spacial score (nSPS) is 20.0. The average molecular weight is 543 g/mol. The van der Waals surface area contributed by atoms with Gasteiger partial charge in [0.2, 0.25) is 5.95 Å². The molecule has 5 rings (SSSR count). The molecule has 37 heavy (non-hydrogen) atoms. The first-order chi connectivity index (χ1) is 17.8. The van der Waals surface area contributed by atoms with E-state index in [9.17, 15) is 9.18 Å². The summed E-state index contributed by atoms with van der Waals surface area (Å²) >= 11 is 12.6. The summed E-state index contributed by atoms with van der Waals surface area (Å²) in [6.45, 7) is 7.37. The number of anilines is 3. The van der Waals surface area contributed by atoms with E-state index in [0.717, 1.165) is 48.4 Å². The minimum atomic E-state index is -0.454. The summed E-state index contributed by atoms with van der Waals surface area (Å²) in [5.74, 6) is 1.78. The zero-order valence-electron chi connectivity index (χ0n) is 20.9. The summed E-state index contributed by atoms with van der Waals surface area (Å²) in [5.41, 5.74) is 2.26. The number of aromatic nitrogens is 3. The zero-order valence-corrected chi connectivity index (χ0v) is 22.4. The van der Waals surface area contributed by atoms with Crippen LogP contribution in [-0.2, 0) is 11.2 Å². The summed E-state index contributed by atoms with van der Waals surface area (Å²) in [5, 5.41) is 0.613. The number of nitrogens with zero attached hydrogens (tertiary/aromatic N) is 6. The van der Waals surface area contributed by atoms with Crippen molar-refractivity contribution in [2.75, 3.05) is 40.9 Å². The lowest BCUT2D eigenvalue weighted by Gasteiger charge is -2.41. The number of halogens is 3. The Morgan fingerprint density at radius 3 is 2.54 bits per heavy atom. The highest BCUT2D eigenvalue weighted by Gasteiger charge is 2.29. The molecule has 0 bridgehead atoms. The van der Waals surface area contributed by atoms with Crippen molar-refractivity contribution in [2.45, 2.75) is 45.2 Å². The monoisotopic (exact) mass is 542 g/mol. The van der Waals surface area contributed by atoms with Gasteiger partial charge in [-0.25, -0.2) is 14.4 Å². The van der Waals surface area contributed by atoms with E-state index in [1.165, 1.54) is 6.07 Å². The van der Waals surface area contributed by atoms with Crippen molar-refractivity contribution in [2.24, 2.45) is 0 Å². The van der Waals surface area contributed by atoms with Crippen LogP contribution < -0.4 is 14.7 Å². The average Bonchev–Trinajstić information content (AvgIpc) is 3.31. The van der Waals surface area contributed by atoms with Gasteiger partial charge >= 0.3 is 0 Å². The number of aldehydes is 1. The molecule has 10 heteroatoms. The number of rotatable bonds is 6. The van der Waals surface area contributed by atoms with Crippen LogP contribution >= 0.6 is 23.2 Å². The van der Waals surface area contributed by atoms with Crippen LogP contribution in [-0.4, -0.2) is 59.5 Å². The first-order valence-electron chi connectivity index (χ1n) is 12.5. The molecule has 2 fully saturated rings. The Labute approximate surface area is 226 Å². The maximum Gasteiger partial charge on any atom is 0.228 e. The molecule has 7 nitrogen and oxygen atoms in total. The molecule has 0 radical (unpaired) electrons. The molecule has 2 saturated heterocycles. The van der Waals surface area contributed by atoms with E-state index in [2.05, 4.69) is 33.5 Å². The van der Waals surface area contributed by atoms with Crippen LogP contribution in [0.25, 0.3) is 11.3 Å². The number of benzene rings is 1. The first-order valence-corrected chi connectivity index (χ1v) is 13.3. The summed E-state index contributed by atoms with van der Waals surface area (Å²) < 4.78 is 13.9. The molecule has 0 amide bonds. The lowest BCUT2D eigenvalue weighted by Crippen LogP contribution is -2.52. The molecule has 2 atom stereocenters. The molecule has 194 valence electrons. The molecule has 2 aromatic heterocycles. The molecule has 0 N–H and O–H groups in total. The van der Waals surface area contributed by atoms with E-state index in [-0.39, 0.29) is 11.1 Å². The van der Waals surface area contributed by atoms with E-state index >= 15 is 0 Å². The second kappa shape index (κ2) is 10.8. The molecular weight excluding hydrogens is 514 g/mol. The van der Waals surface area contributed by atoms with Crippen LogP contribution in [0.15, 0.2) is 36.5 Å². The highest BCUT2D eigenvalue weighted by atomic mass is 35.5. The molecule has 4 heterocycles. The number of pyridine rings is 1. The Balaban J connectivity index is 1.44. The molecule has 1 aromatic carbocycles. The number of piperazine rings is 1. The smallest absolute Gasteiger partial charge is 0.228 e. The first kappa shape index (κ1) is 25.7. The van der Waals surface area contributed by atoms with E-state index in [4.69, 9.17) is 33.2 Å². The lowest BCUT2D eigenvalue weighted by molar-refractivity contribution is -0.107. The van der Waals surface area contributed by atoms with Crippen molar-refractivity contribution in [1.82, 2.24) is 15.0 Å². The fourth-order valence-electron chi connectivity index (χ4n) is 5.13. The maximum absolute atomic E-state index is 13.9. The Bertz CT molecular complexity index is 1310. The second-order valence-corrected chi connectivity index (χ2v) is 10.5. The van der Waals surface area contributed by atoms with E-state index in [1.807, 2.05) is 12.1 Å². The van der Waals surface area contributed by atoms with Crippen molar-refractivity contribution in [3.05, 3.63) is 58.0 Å². The van der Waals surface area contributed by atoms with Gasteiger partial charge in [-0.15, -0.1) is 0 Å². The Morgan fingerprint density at radius 2 is 1.86 bits per heavy atom. The van der Waals surface area contributed by atoms with E-state index in [1.54, 1.807) is 18.3 Å². The fraction of sp³-hybridized carbons (Fsp3) is 0.407. The number of hydrogen-bond acceptors (Lipinski definition) is 7. The molecular formula is C27H29Cl2FN6O. The summed E-state index contributed by atoms with van der Waals surface area (Å²) in [7, 11) is 0. The van der Waals surface area contributed by atoms with E-state index in [0.29, 0.717) is 48.8 Å². The minimum absolute atomic E-state index is 0.0688. The molecule has 2 aliphatic heterocycles. The van der Waals surface area contributed by atoms with Crippen molar-refractivity contribution < 1.29 is 9.18 Å². The second-order valence-electron chi connectivity index (χ2n) is 9.73. The number of carbonyl (C=O) groups excluding carboxylic acids is 1. The predicted octanol–water partition coefficient (Wildman–Crippen LogP) is 5.43. The van der Waals surface area contributed by atoms with Gasteiger partial charge in [0.05, 0.1) is 15.7 Å². The lowest BCUT2D eigenvalue weighted by atomic mass is 10.1. The summed E-state index contributed by atoms with van der Waals surface area (Å²) in [6.07, 6.45) is 5.05. The zero-order chi connectivity index (χ0) is 26.1. The summed E-state index contributed by atoms with van der Waals surface area (Å²) in [6, 6.07) is 8.92. The summed E-state index contributed by atoms with van der Waals surface area (Å²) in [4.78, 5) is 31.9. The fourth-order valence-corrected chi connectivity index (χ4v) is 5.62. The molecule has 0 saturated carbocycles. The van der Waals surface area contributed by atoms with Gasteiger partial charge in [-0.05, 0) is 56.5 Å². The minimum Gasteiger partial charge on any atom is -0.352 e. The Morgan fingerprint density at radius 1 is 1.03 bits per heavy atom. The number of hydrogen-bond donors (Lipinski definition) is 0. The molecule has 2 unspecified atom stereocenters. The van der Waals surface area contributed by atoms with Gasteiger partial charge in [-0.3, -0.25) is 0 Å². The maximum atomic E-state index is 13.9. The molecule has 3 aromatic rings. The van der Waals surface area contributed by atoms with Crippen molar-refractivity contribution >= 4 is 47.1 Å². The highest BCUT2D eigenvalue weighted by molar-refractivity contribution is 6.33. The topological polar surface area (TPSA) is 65.5 Å². The standard InChI is InChI=1S/C27H29Cl2FN6O/c1-17-4-3-8-36(17)27-32-24(20-5-6-23(30)21(28)13-20)14-25(33-27)35-10-9-34(16-18(35)2)26-22(29)12-19(7-11-37)15-31-26/h5-6,11-15,17-18H,3-4,7-10,16H2,1-2H3. The van der Waals surface area contributed by atoms with Crippen molar-refractivity contribution in [3.63, 3.8) is 0 Å². The SMILES string of the molecule is CC1CN(c2ncc(CC=O)cc2Cl)CCN1c1cc(-c2ccc(F)c(Cl)c2)nc(N2CCCC2C)n1. The molecule has 0 spiro atoms. The van der Waals surface area contributed by atoms with Gasteiger partial charge in [0, 0.05) is 62.5 Å². The van der Waals surface area contributed by atoms with Crippen molar-refractivity contribution in [1.29, 1.82) is 0 Å². The predicted molar refractivity (Wildman–Crippen MR) is 147 cm³/mol. The van der Waals surface area contributed by atoms with Gasteiger partial charge in [0.25, 0.3) is 0 Å². The van der Waals surface area contributed by atoms with E-state index < -0.39 is 5.82 Å². The third-order valence-corrected chi connectivity index (χ3v) is 7.71. The van der Waals surface area contributed by atoms with Crippen LogP contribution in [0, 0.1) is 5.82 Å². The van der Waals surface area contributed by atoms with Crippen molar-refractivity contribution in [3.8, 4) is 11.3 Å². The van der Waals surface area contributed by atoms with Crippen LogP contribution in [0.1, 0.15) is 32.3 Å². The third-order valence-electron chi connectivity index (χ3n) is 7.14. The Kier molecular flexibility index (Phi) is 7.49. The van der Waals surface area contributed by atoms with Crippen LogP contribution in [0.5, 0.6) is 0 Å². The highest BCUT2D eigenvalue weighted by Crippen LogP contribution is 2.33. The van der Waals surface area contributed by atoms with Gasteiger partial charge < -0.3 is 19.5 Å². The Hall–Kier alpha value is -2.97. The van der Waals surface area contributed by atoms with Crippen LogP contribution in [0.2, 0.25) is 10.0 Å². The largest absolute Gasteiger partial charge is 0.352 e. The van der Waals surface area contributed by atoms with Gasteiger partial charge in [0.1, 0.15) is 23.7 Å². The van der Waals surface area contributed by atoms with Gasteiger partial charge in [-0.2, -0.15) is 4.98 Å². The third kappa shape index (κ3) is 5.36. The number of carbonyl (C=O) groups is 1. The van der Waals surface area contributed by atoms with Crippen LogP contribution in [0.4, 0.5) is 22.0 Å². The van der Waals surface area contributed by atoms with Crippen LogP contribution in [0.3, 0.4) is 0 Å². The van der Waals surface area contributed by atoms with Gasteiger partial charge in [-0.1, -0.05) is 23.2 Å². The quantitative estimate of drug-likeness (QED) is 0.384. The molecule has 2 aliphatic rings. The van der Waals surface area contributed by atoms with Gasteiger partial charge in [0.15, 0.2) is 0 Å².